The number of H-pyrrole nitrogens is 1. The Bertz CT molecular complexity index is 1190. The SMILES string of the molecule is CC1=C(N2CC[C@H](C)[C@H]2c2nc3c(C)c(Cl)ccc3[nH]2)CC(c2ccccc2)C=C1F. The molecule has 0 saturated carbocycles. The van der Waals surface area contributed by atoms with Crippen molar-refractivity contribution in [2.75, 3.05) is 6.54 Å². The summed E-state index contributed by atoms with van der Waals surface area (Å²) < 4.78 is 15.0. The van der Waals surface area contributed by atoms with Crippen molar-refractivity contribution in [1.82, 2.24) is 14.9 Å². The van der Waals surface area contributed by atoms with Gasteiger partial charge < -0.3 is 9.88 Å². The van der Waals surface area contributed by atoms with E-state index in [1.54, 1.807) is 6.08 Å². The van der Waals surface area contributed by atoms with Gasteiger partial charge in [-0.2, -0.15) is 0 Å². The maximum Gasteiger partial charge on any atom is 0.130 e. The highest BCUT2D eigenvalue weighted by Crippen LogP contribution is 2.45. The Morgan fingerprint density at radius 1 is 1.13 bits per heavy atom. The first-order valence-electron chi connectivity index (χ1n) is 11.0. The summed E-state index contributed by atoms with van der Waals surface area (Å²) in [6, 6.07) is 14.2. The Balaban J connectivity index is 1.54. The Hall–Kier alpha value is -2.59. The van der Waals surface area contributed by atoms with Crippen molar-refractivity contribution in [3.8, 4) is 0 Å². The second-order valence-corrected chi connectivity index (χ2v) is 9.31. The van der Waals surface area contributed by atoms with Crippen LogP contribution in [0.3, 0.4) is 0 Å². The van der Waals surface area contributed by atoms with E-state index in [0.29, 0.717) is 5.92 Å². The number of aryl methyl sites for hydroxylation is 1. The molecule has 0 amide bonds. The summed E-state index contributed by atoms with van der Waals surface area (Å²) in [5, 5.41) is 0.727. The van der Waals surface area contributed by atoms with Crippen LogP contribution in [0.5, 0.6) is 0 Å². The monoisotopic (exact) mass is 435 g/mol. The van der Waals surface area contributed by atoms with Crippen LogP contribution in [-0.4, -0.2) is 21.4 Å². The van der Waals surface area contributed by atoms with Gasteiger partial charge in [-0.05, 0) is 61.9 Å². The molecule has 160 valence electrons. The molecule has 3 nitrogen and oxygen atoms in total. The number of rotatable bonds is 3. The molecule has 5 rings (SSSR count). The molecule has 5 heteroatoms. The van der Waals surface area contributed by atoms with Gasteiger partial charge in [-0.1, -0.05) is 48.9 Å². The summed E-state index contributed by atoms with van der Waals surface area (Å²) in [4.78, 5) is 10.9. The zero-order valence-electron chi connectivity index (χ0n) is 18.1. The number of halogens is 2. The predicted octanol–water partition coefficient (Wildman–Crippen LogP) is 7.22. The number of hydrogen-bond acceptors (Lipinski definition) is 2. The van der Waals surface area contributed by atoms with Crippen molar-refractivity contribution in [2.24, 2.45) is 5.92 Å². The topological polar surface area (TPSA) is 31.9 Å². The van der Waals surface area contributed by atoms with E-state index in [2.05, 4.69) is 28.9 Å². The maximum absolute atomic E-state index is 15.0. The van der Waals surface area contributed by atoms with Crippen molar-refractivity contribution in [3.05, 3.63) is 87.6 Å². The van der Waals surface area contributed by atoms with Gasteiger partial charge in [0.1, 0.15) is 11.7 Å². The zero-order chi connectivity index (χ0) is 21.7. The molecule has 1 fully saturated rings. The second kappa shape index (κ2) is 7.83. The highest BCUT2D eigenvalue weighted by Gasteiger charge is 2.38. The lowest BCUT2D eigenvalue weighted by Crippen LogP contribution is -2.28. The summed E-state index contributed by atoms with van der Waals surface area (Å²) in [6.07, 6.45) is 3.63. The van der Waals surface area contributed by atoms with Crippen molar-refractivity contribution in [1.29, 1.82) is 0 Å². The molecule has 2 aliphatic rings. The van der Waals surface area contributed by atoms with Gasteiger partial charge >= 0.3 is 0 Å². The van der Waals surface area contributed by atoms with Crippen molar-refractivity contribution in [3.63, 3.8) is 0 Å². The number of imidazole rings is 1. The van der Waals surface area contributed by atoms with Crippen LogP contribution < -0.4 is 0 Å². The van der Waals surface area contributed by atoms with Crippen LogP contribution in [0, 0.1) is 12.8 Å². The number of benzene rings is 2. The summed E-state index contributed by atoms with van der Waals surface area (Å²) in [6.45, 7) is 7.08. The Kier molecular flexibility index (Phi) is 5.13. The largest absolute Gasteiger partial charge is 0.364 e. The lowest BCUT2D eigenvalue weighted by molar-refractivity contribution is 0.267. The highest BCUT2D eigenvalue weighted by atomic mass is 35.5. The first kappa shape index (κ1) is 20.3. The summed E-state index contributed by atoms with van der Waals surface area (Å²) >= 11 is 6.33. The van der Waals surface area contributed by atoms with E-state index < -0.39 is 0 Å². The summed E-state index contributed by atoms with van der Waals surface area (Å²) in [5.74, 6) is 1.30. The molecular weight excluding hydrogens is 409 g/mol. The van der Waals surface area contributed by atoms with Gasteiger partial charge in [0, 0.05) is 28.8 Å². The molecule has 0 radical (unpaired) electrons. The molecule has 1 aromatic heterocycles. The minimum Gasteiger partial charge on any atom is -0.364 e. The third kappa shape index (κ3) is 3.47. The standard InChI is InChI=1S/C26H27ClFN3/c1-15-11-12-31(25(15)26-29-22-10-9-20(27)16(2)24(22)30-26)23-14-19(13-21(28)17(23)3)18-7-5-4-6-8-18/h4-10,13,15,19,25H,11-12,14H2,1-3H3,(H,29,30)/t15-,19?,25-/m0/s1. The Morgan fingerprint density at radius 3 is 2.68 bits per heavy atom. The molecule has 1 aliphatic heterocycles. The summed E-state index contributed by atoms with van der Waals surface area (Å²) in [7, 11) is 0. The minimum atomic E-state index is -0.111. The van der Waals surface area contributed by atoms with Gasteiger partial charge in [-0.15, -0.1) is 0 Å². The smallest absolute Gasteiger partial charge is 0.130 e. The molecule has 3 aromatic rings. The van der Waals surface area contributed by atoms with Crippen LogP contribution in [0.15, 0.2) is 65.6 Å². The van der Waals surface area contributed by atoms with E-state index in [9.17, 15) is 0 Å². The lowest BCUT2D eigenvalue weighted by atomic mass is 9.87. The maximum atomic E-state index is 15.0. The Labute approximate surface area is 187 Å². The van der Waals surface area contributed by atoms with E-state index in [-0.39, 0.29) is 17.8 Å². The zero-order valence-corrected chi connectivity index (χ0v) is 18.9. The number of aromatic amines is 1. The first-order valence-corrected chi connectivity index (χ1v) is 11.4. The van der Waals surface area contributed by atoms with Crippen LogP contribution in [-0.2, 0) is 0 Å². The molecule has 2 heterocycles. The van der Waals surface area contributed by atoms with E-state index in [1.807, 2.05) is 44.2 Å². The second-order valence-electron chi connectivity index (χ2n) is 8.90. The molecule has 2 aromatic carbocycles. The molecule has 0 bridgehead atoms. The van der Waals surface area contributed by atoms with Gasteiger partial charge in [0.05, 0.1) is 17.1 Å². The van der Waals surface area contributed by atoms with Gasteiger partial charge in [0.15, 0.2) is 0 Å². The van der Waals surface area contributed by atoms with Gasteiger partial charge in [-0.25, -0.2) is 9.37 Å². The third-order valence-corrected chi connectivity index (χ3v) is 7.38. The summed E-state index contributed by atoms with van der Waals surface area (Å²) in [5.41, 5.74) is 5.91. The van der Waals surface area contributed by atoms with Crippen LogP contribution >= 0.6 is 11.6 Å². The average molecular weight is 436 g/mol. The van der Waals surface area contributed by atoms with Crippen LogP contribution in [0.25, 0.3) is 11.0 Å². The van der Waals surface area contributed by atoms with E-state index >= 15 is 4.39 Å². The molecule has 31 heavy (non-hydrogen) atoms. The number of fused-ring (bicyclic) bond motifs is 1. The molecule has 0 spiro atoms. The molecule has 1 N–H and O–H groups in total. The van der Waals surface area contributed by atoms with E-state index in [1.165, 1.54) is 0 Å². The Morgan fingerprint density at radius 2 is 1.90 bits per heavy atom. The third-order valence-electron chi connectivity index (χ3n) is 6.97. The van der Waals surface area contributed by atoms with Gasteiger partial charge in [0.25, 0.3) is 0 Å². The predicted molar refractivity (Wildman–Crippen MR) is 125 cm³/mol. The van der Waals surface area contributed by atoms with E-state index in [4.69, 9.17) is 16.6 Å². The van der Waals surface area contributed by atoms with Crippen LogP contribution in [0.1, 0.15) is 55.6 Å². The van der Waals surface area contributed by atoms with E-state index in [0.717, 1.165) is 63.7 Å². The highest BCUT2D eigenvalue weighted by molar-refractivity contribution is 6.32. The molecule has 1 aliphatic carbocycles. The number of hydrogen-bond donors (Lipinski definition) is 1. The fourth-order valence-electron chi connectivity index (χ4n) is 5.12. The van der Waals surface area contributed by atoms with Crippen molar-refractivity contribution in [2.45, 2.75) is 45.6 Å². The van der Waals surface area contributed by atoms with Crippen molar-refractivity contribution < 1.29 is 4.39 Å². The number of nitrogens with zero attached hydrogens (tertiary/aromatic N) is 2. The average Bonchev–Trinajstić information content (AvgIpc) is 3.37. The number of aromatic nitrogens is 2. The number of likely N-dealkylation sites (tertiary alicyclic amines) is 1. The molecular formula is C26H27ClFN3. The van der Waals surface area contributed by atoms with Gasteiger partial charge in [-0.3, -0.25) is 0 Å². The normalized spacial score (nSPS) is 24.2. The fraction of sp³-hybridized carbons (Fsp3) is 0.346. The number of nitrogens with one attached hydrogen (secondary N) is 1. The van der Waals surface area contributed by atoms with Crippen LogP contribution in [0.2, 0.25) is 5.02 Å². The van der Waals surface area contributed by atoms with Crippen LogP contribution in [0.4, 0.5) is 4.39 Å². The molecule has 1 unspecified atom stereocenters. The number of allylic oxidation sites excluding steroid dienone is 4. The minimum absolute atomic E-state index is 0.0492. The first-order chi connectivity index (χ1) is 14.9. The quantitative estimate of drug-likeness (QED) is 0.470. The van der Waals surface area contributed by atoms with Crippen molar-refractivity contribution >= 4 is 22.6 Å². The lowest BCUT2D eigenvalue weighted by Gasteiger charge is -2.34. The molecule has 1 saturated heterocycles. The fourth-order valence-corrected chi connectivity index (χ4v) is 5.27. The molecule has 3 atom stereocenters. The van der Waals surface area contributed by atoms with Gasteiger partial charge in [0.2, 0.25) is 0 Å².